The number of rotatable bonds is 3. The van der Waals surface area contributed by atoms with Crippen molar-refractivity contribution < 1.29 is 22.4 Å². The third kappa shape index (κ3) is 4.11. The Morgan fingerprint density at radius 3 is 2.58 bits per heavy atom. The number of nitrogens with zero attached hydrogens (tertiary/aromatic N) is 3. The standard InChI is InChI=1S/C22H16F4N4O/c1-12-3-6-17(22(24,25)26)16(7-12)20(31)28-18-8-14(5-4-13(18)2)19-11-30-10-15(23)9-27-21(30)29-19/h3-11H,1-2H3,(H,28,31). The van der Waals surface area contributed by atoms with Gasteiger partial charge in [0.15, 0.2) is 5.82 Å². The van der Waals surface area contributed by atoms with E-state index in [0.717, 1.165) is 12.3 Å². The van der Waals surface area contributed by atoms with Crippen molar-refractivity contribution in [3.05, 3.63) is 83.1 Å². The van der Waals surface area contributed by atoms with Crippen LogP contribution in [0.3, 0.4) is 0 Å². The highest BCUT2D eigenvalue weighted by Crippen LogP contribution is 2.33. The number of halogens is 4. The summed E-state index contributed by atoms with van der Waals surface area (Å²) in [6, 6.07) is 8.48. The zero-order valence-electron chi connectivity index (χ0n) is 16.5. The molecule has 9 heteroatoms. The molecule has 5 nitrogen and oxygen atoms in total. The summed E-state index contributed by atoms with van der Waals surface area (Å²) < 4.78 is 54.8. The molecule has 0 unspecified atom stereocenters. The number of alkyl halides is 3. The zero-order valence-corrected chi connectivity index (χ0v) is 16.5. The molecular weight excluding hydrogens is 412 g/mol. The molecule has 4 rings (SSSR count). The molecule has 0 aliphatic carbocycles. The highest BCUT2D eigenvalue weighted by atomic mass is 19.4. The molecule has 0 bridgehead atoms. The third-order valence-corrected chi connectivity index (χ3v) is 4.79. The Balaban J connectivity index is 1.70. The first-order valence-electron chi connectivity index (χ1n) is 9.22. The van der Waals surface area contributed by atoms with Crippen LogP contribution in [0.25, 0.3) is 17.0 Å². The second-order valence-corrected chi connectivity index (χ2v) is 7.14. The van der Waals surface area contributed by atoms with Crippen molar-refractivity contribution in [3.63, 3.8) is 0 Å². The molecule has 1 N–H and O–H groups in total. The minimum atomic E-state index is -4.66. The van der Waals surface area contributed by atoms with Gasteiger partial charge in [-0.15, -0.1) is 0 Å². The van der Waals surface area contributed by atoms with Crippen molar-refractivity contribution in [2.45, 2.75) is 20.0 Å². The molecule has 158 valence electrons. The Morgan fingerprint density at radius 2 is 1.84 bits per heavy atom. The molecule has 0 saturated heterocycles. The molecule has 0 radical (unpaired) electrons. The number of amides is 1. The molecule has 0 saturated carbocycles. The van der Waals surface area contributed by atoms with Crippen LogP contribution in [0.1, 0.15) is 27.0 Å². The predicted molar refractivity (Wildman–Crippen MR) is 107 cm³/mol. The van der Waals surface area contributed by atoms with Gasteiger partial charge in [0.2, 0.25) is 5.78 Å². The first kappa shape index (κ1) is 20.5. The third-order valence-electron chi connectivity index (χ3n) is 4.79. The largest absolute Gasteiger partial charge is 0.417 e. The van der Waals surface area contributed by atoms with E-state index in [1.54, 1.807) is 38.2 Å². The minimum absolute atomic E-state index is 0.289. The summed E-state index contributed by atoms with van der Waals surface area (Å²) in [6.45, 7) is 3.34. The molecule has 31 heavy (non-hydrogen) atoms. The Morgan fingerprint density at radius 1 is 1.06 bits per heavy atom. The molecule has 1 amide bonds. The van der Waals surface area contributed by atoms with Gasteiger partial charge in [-0.05, 0) is 37.6 Å². The maximum absolute atomic E-state index is 13.4. The lowest BCUT2D eigenvalue weighted by molar-refractivity contribution is -0.137. The van der Waals surface area contributed by atoms with E-state index < -0.39 is 29.0 Å². The van der Waals surface area contributed by atoms with Crippen LogP contribution < -0.4 is 5.32 Å². The summed E-state index contributed by atoms with van der Waals surface area (Å²) >= 11 is 0. The molecular formula is C22H16F4N4O. The lowest BCUT2D eigenvalue weighted by Crippen LogP contribution is -2.19. The maximum Gasteiger partial charge on any atom is 0.417 e. The molecule has 0 atom stereocenters. The van der Waals surface area contributed by atoms with Gasteiger partial charge in [-0.25, -0.2) is 14.4 Å². The van der Waals surface area contributed by atoms with Crippen LogP contribution in [0.4, 0.5) is 23.2 Å². The fourth-order valence-electron chi connectivity index (χ4n) is 3.20. The van der Waals surface area contributed by atoms with Crippen LogP contribution in [0.5, 0.6) is 0 Å². The zero-order chi connectivity index (χ0) is 22.3. The van der Waals surface area contributed by atoms with E-state index in [-0.39, 0.29) is 5.78 Å². The van der Waals surface area contributed by atoms with E-state index in [9.17, 15) is 22.4 Å². The van der Waals surface area contributed by atoms with Gasteiger partial charge >= 0.3 is 6.18 Å². The van der Waals surface area contributed by atoms with Crippen molar-refractivity contribution in [2.75, 3.05) is 5.32 Å². The van der Waals surface area contributed by atoms with Crippen molar-refractivity contribution in [1.82, 2.24) is 14.4 Å². The first-order chi connectivity index (χ1) is 14.6. The summed E-state index contributed by atoms with van der Waals surface area (Å²) in [5, 5.41) is 2.57. The highest BCUT2D eigenvalue weighted by molar-refractivity contribution is 6.06. The van der Waals surface area contributed by atoms with E-state index in [2.05, 4.69) is 15.3 Å². The van der Waals surface area contributed by atoms with Crippen molar-refractivity contribution >= 4 is 17.4 Å². The van der Waals surface area contributed by atoms with E-state index in [1.807, 2.05) is 0 Å². The smallest absolute Gasteiger partial charge is 0.322 e. The van der Waals surface area contributed by atoms with E-state index in [4.69, 9.17) is 0 Å². The van der Waals surface area contributed by atoms with Gasteiger partial charge in [0.1, 0.15) is 0 Å². The summed E-state index contributed by atoms with van der Waals surface area (Å²) in [5.41, 5.74) is 1.14. The second-order valence-electron chi connectivity index (χ2n) is 7.14. The van der Waals surface area contributed by atoms with Crippen molar-refractivity contribution in [2.24, 2.45) is 0 Å². The van der Waals surface area contributed by atoms with Crippen molar-refractivity contribution in [1.29, 1.82) is 0 Å². The summed E-state index contributed by atoms with van der Waals surface area (Å²) in [7, 11) is 0. The molecule has 0 spiro atoms. The van der Waals surface area contributed by atoms with Crippen LogP contribution in [0.15, 0.2) is 55.0 Å². The maximum atomic E-state index is 13.4. The van der Waals surface area contributed by atoms with Gasteiger partial charge in [0, 0.05) is 23.6 Å². The molecule has 0 aliphatic rings. The van der Waals surface area contributed by atoms with Gasteiger partial charge in [-0.3, -0.25) is 9.20 Å². The number of carbonyl (C=O) groups excluding carboxylic acids is 1. The number of hydrogen-bond donors (Lipinski definition) is 1. The predicted octanol–water partition coefficient (Wildman–Crippen LogP) is 5.42. The average Bonchev–Trinajstić information content (AvgIpc) is 3.11. The average molecular weight is 428 g/mol. The van der Waals surface area contributed by atoms with Gasteiger partial charge in [0.25, 0.3) is 5.91 Å². The normalized spacial score (nSPS) is 11.7. The molecule has 2 aromatic carbocycles. The van der Waals surface area contributed by atoms with Gasteiger partial charge in [-0.2, -0.15) is 13.2 Å². The van der Waals surface area contributed by atoms with Crippen LogP contribution in [-0.4, -0.2) is 20.3 Å². The second kappa shape index (κ2) is 7.50. The Bertz CT molecular complexity index is 1310. The lowest BCUT2D eigenvalue weighted by Gasteiger charge is -2.15. The quantitative estimate of drug-likeness (QED) is 0.443. The Labute approximate surface area is 174 Å². The molecule has 2 heterocycles. The minimum Gasteiger partial charge on any atom is -0.322 e. The molecule has 2 aromatic heterocycles. The molecule has 0 fully saturated rings. The fraction of sp³-hybridized carbons (Fsp3) is 0.136. The van der Waals surface area contributed by atoms with Gasteiger partial charge < -0.3 is 5.32 Å². The number of aromatic nitrogens is 3. The lowest BCUT2D eigenvalue weighted by atomic mass is 10.0. The van der Waals surface area contributed by atoms with Crippen LogP contribution >= 0.6 is 0 Å². The number of anilines is 1. The number of nitrogens with one attached hydrogen (secondary N) is 1. The highest BCUT2D eigenvalue weighted by Gasteiger charge is 2.35. The number of aryl methyl sites for hydroxylation is 2. The monoisotopic (exact) mass is 428 g/mol. The molecule has 0 aliphatic heterocycles. The topological polar surface area (TPSA) is 59.3 Å². The summed E-state index contributed by atoms with van der Waals surface area (Å²) in [6.07, 6.45) is -0.806. The number of benzene rings is 2. The Kier molecular flexibility index (Phi) is 4.96. The van der Waals surface area contributed by atoms with Crippen LogP contribution in [0.2, 0.25) is 0 Å². The number of imidazole rings is 1. The van der Waals surface area contributed by atoms with E-state index in [0.29, 0.717) is 28.1 Å². The van der Waals surface area contributed by atoms with Gasteiger partial charge in [-0.1, -0.05) is 23.8 Å². The number of hydrogen-bond acceptors (Lipinski definition) is 3. The summed E-state index contributed by atoms with van der Waals surface area (Å²) in [5.74, 6) is -1.10. The SMILES string of the molecule is Cc1ccc(C(F)(F)F)c(C(=O)Nc2cc(-c3cn4cc(F)cnc4n3)ccc2C)c1. The van der Waals surface area contributed by atoms with Crippen LogP contribution in [-0.2, 0) is 6.18 Å². The van der Waals surface area contributed by atoms with E-state index in [1.165, 1.54) is 22.7 Å². The van der Waals surface area contributed by atoms with Crippen molar-refractivity contribution in [3.8, 4) is 11.3 Å². The number of fused-ring (bicyclic) bond motifs is 1. The first-order valence-corrected chi connectivity index (χ1v) is 9.22. The fourth-order valence-corrected chi connectivity index (χ4v) is 3.20. The van der Waals surface area contributed by atoms with Crippen LogP contribution in [0, 0.1) is 19.7 Å². The molecule has 4 aromatic rings. The summed E-state index contributed by atoms with van der Waals surface area (Å²) in [4.78, 5) is 20.9. The van der Waals surface area contributed by atoms with Gasteiger partial charge in [0.05, 0.1) is 23.0 Å². The number of carbonyl (C=O) groups is 1. The Hall–Kier alpha value is -3.75. The van der Waals surface area contributed by atoms with E-state index >= 15 is 0 Å².